The molecule has 120 valence electrons. The lowest BCUT2D eigenvalue weighted by molar-refractivity contribution is -0.146. The highest BCUT2D eigenvalue weighted by Gasteiger charge is 2.43. The molecule has 1 heterocycles. The van der Waals surface area contributed by atoms with Crippen LogP contribution in [0.1, 0.15) is 46.0 Å². The first-order valence-corrected chi connectivity index (χ1v) is 7.82. The first-order valence-electron chi connectivity index (χ1n) is 7.82. The SMILES string of the molecule is CC1CCC(NC(=O)N2CCC(C)C(O)C2)(C(=O)O)CC1. The monoisotopic (exact) mass is 298 g/mol. The van der Waals surface area contributed by atoms with E-state index >= 15 is 0 Å². The van der Waals surface area contributed by atoms with Gasteiger partial charge in [0.2, 0.25) is 0 Å². The highest BCUT2D eigenvalue weighted by atomic mass is 16.4. The molecule has 0 aromatic rings. The molecular formula is C15H26N2O4. The van der Waals surface area contributed by atoms with E-state index in [1.807, 2.05) is 6.92 Å². The van der Waals surface area contributed by atoms with Gasteiger partial charge >= 0.3 is 12.0 Å². The Morgan fingerprint density at radius 2 is 1.81 bits per heavy atom. The van der Waals surface area contributed by atoms with E-state index in [0.717, 1.165) is 19.3 Å². The first-order chi connectivity index (χ1) is 9.84. The first kappa shape index (κ1) is 16.1. The molecule has 1 aliphatic heterocycles. The van der Waals surface area contributed by atoms with E-state index in [4.69, 9.17) is 0 Å². The van der Waals surface area contributed by atoms with Gasteiger partial charge in [-0.1, -0.05) is 13.8 Å². The zero-order valence-electron chi connectivity index (χ0n) is 12.8. The van der Waals surface area contributed by atoms with Crippen LogP contribution in [0.15, 0.2) is 0 Å². The van der Waals surface area contributed by atoms with E-state index < -0.39 is 17.6 Å². The molecule has 1 saturated carbocycles. The van der Waals surface area contributed by atoms with E-state index in [1.165, 1.54) is 4.90 Å². The summed E-state index contributed by atoms with van der Waals surface area (Å²) in [6, 6.07) is -0.363. The molecule has 2 fully saturated rings. The molecule has 2 unspecified atom stereocenters. The van der Waals surface area contributed by atoms with Crippen LogP contribution in [0.3, 0.4) is 0 Å². The Kier molecular flexibility index (Phi) is 4.76. The Morgan fingerprint density at radius 1 is 1.19 bits per heavy atom. The molecule has 0 radical (unpaired) electrons. The van der Waals surface area contributed by atoms with Crippen molar-refractivity contribution in [1.29, 1.82) is 0 Å². The van der Waals surface area contributed by atoms with Crippen LogP contribution in [0.4, 0.5) is 4.79 Å². The maximum absolute atomic E-state index is 12.4. The second-order valence-corrected chi connectivity index (χ2v) is 6.78. The molecule has 21 heavy (non-hydrogen) atoms. The van der Waals surface area contributed by atoms with Crippen molar-refractivity contribution >= 4 is 12.0 Å². The lowest BCUT2D eigenvalue weighted by Crippen LogP contribution is -2.61. The third-order valence-corrected chi connectivity index (χ3v) is 5.09. The predicted octanol–water partition coefficient (Wildman–Crippen LogP) is 1.43. The summed E-state index contributed by atoms with van der Waals surface area (Å²) in [4.78, 5) is 25.5. The molecule has 1 aliphatic carbocycles. The fourth-order valence-electron chi connectivity index (χ4n) is 3.16. The molecule has 0 aromatic heterocycles. The van der Waals surface area contributed by atoms with Crippen LogP contribution < -0.4 is 5.32 Å². The number of aliphatic carboxylic acids is 1. The molecule has 0 bridgehead atoms. The van der Waals surface area contributed by atoms with Gasteiger partial charge in [0.05, 0.1) is 6.10 Å². The third-order valence-electron chi connectivity index (χ3n) is 5.09. The van der Waals surface area contributed by atoms with E-state index in [0.29, 0.717) is 25.3 Å². The average molecular weight is 298 g/mol. The van der Waals surface area contributed by atoms with Crippen molar-refractivity contribution < 1.29 is 19.8 Å². The van der Waals surface area contributed by atoms with Crippen molar-refractivity contribution in [2.45, 2.75) is 57.6 Å². The minimum Gasteiger partial charge on any atom is -0.480 e. The maximum Gasteiger partial charge on any atom is 0.329 e. The molecule has 6 heteroatoms. The second kappa shape index (κ2) is 6.22. The lowest BCUT2D eigenvalue weighted by atomic mass is 9.77. The lowest BCUT2D eigenvalue weighted by Gasteiger charge is -2.40. The zero-order chi connectivity index (χ0) is 15.6. The van der Waals surface area contributed by atoms with Gasteiger partial charge in [0.15, 0.2) is 0 Å². The standard InChI is InChI=1S/C15H26N2O4/c1-10-3-6-15(7-4-10,13(19)20)16-14(21)17-8-5-11(2)12(18)9-17/h10-12,18H,3-9H2,1-2H3,(H,16,21)(H,19,20). The minimum absolute atomic E-state index is 0.179. The van der Waals surface area contributed by atoms with Gasteiger partial charge < -0.3 is 20.4 Å². The number of nitrogens with one attached hydrogen (secondary N) is 1. The summed E-state index contributed by atoms with van der Waals surface area (Å²) in [5.74, 6) is -0.265. The van der Waals surface area contributed by atoms with Crippen molar-refractivity contribution in [3.05, 3.63) is 0 Å². The normalized spacial score (nSPS) is 37.1. The van der Waals surface area contributed by atoms with Crippen LogP contribution >= 0.6 is 0 Å². The Morgan fingerprint density at radius 3 is 2.33 bits per heavy atom. The number of carbonyl (C=O) groups excluding carboxylic acids is 1. The molecule has 2 atom stereocenters. The van der Waals surface area contributed by atoms with E-state index in [2.05, 4.69) is 12.2 Å². The van der Waals surface area contributed by atoms with Crippen LogP contribution in [0.5, 0.6) is 0 Å². The van der Waals surface area contributed by atoms with Crippen molar-refractivity contribution in [3.8, 4) is 0 Å². The Bertz CT molecular complexity index is 404. The van der Waals surface area contributed by atoms with Gasteiger partial charge in [0.1, 0.15) is 5.54 Å². The van der Waals surface area contributed by atoms with Crippen molar-refractivity contribution in [2.24, 2.45) is 11.8 Å². The Labute approximate surface area is 125 Å². The van der Waals surface area contributed by atoms with Crippen molar-refractivity contribution in [2.75, 3.05) is 13.1 Å². The quantitative estimate of drug-likeness (QED) is 0.719. The van der Waals surface area contributed by atoms with Crippen molar-refractivity contribution in [3.63, 3.8) is 0 Å². The largest absolute Gasteiger partial charge is 0.480 e. The van der Waals surface area contributed by atoms with E-state index in [-0.39, 0.29) is 18.5 Å². The fraction of sp³-hybridized carbons (Fsp3) is 0.867. The summed E-state index contributed by atoms with van der Waals surface area (Å²) in [5, 5.41) is 22.1. The topological polar surface area (TPSA) is 89.9 Å². The number of nitrogens with zero attached hydrogens (tertiary/aromatic N) is 1. The van der Waals surface area contributed by atoms with Gasteiger partial charge in [-0.15, -0.1) is 0 Å². The number of hydrogen-bond acceptors (Lipinski definition) is 3. The summed E-state index contributed by atoms with van der Waals surface area (Å²) in [7, 11) is 0. The number of piperidine rings is 1. The molecule has 0 aromatic carbocycles. The van der Waals surface area contributed by atoms with Gasteiger partial charge in [-0.25, -0.2) is 9.59 Å². The number of urea groups is 1. The number of rotatable bonds is 2. The second-order valence-electron chi connectivity index (χ2n) is 6.78. The highest BCUT2D eigenvalue weighted by molar-refractivity contribution is 5.86. The van der Waals surface area contributed by atoms with Gasteiger partial charge in [0, 0.05) is 13.1 Å². The van der Waals surface area contributed by atoms with Crippen LogP contribution in [0.2, 0.25) is 0 Å². The molecule has 6 nitrogen and oxygen atoms in total. The van der Waals surface area contributed by atoms with Gasteiger partial charge in [-0.3, -0.25) is 0 Å². The minimum atomic E-state index is -1.14. The Hall–Kier alpha value is -1.30. The van der Waals surface area contributed by atoms with Crippen LogP contribution in [-0.2, 0) is 4.79 Å². The summed E-state index contributed by atoms with van der Waals surface area (Å²) in [5.41, 5.74) is -1.14. The molecule has 2 amide bonds. The summed E-state index contributed by atoms with van der Waals surface area (Å²) >= 11 is 0. The number of amides is 2. The number of likely N-dealkylation sites (tertiary alicyclic amines) is 1. The summed E-state index contributed by atoms with van der Waals surface area (Å²) in [6.45, 7) is 4.91. The number of aliphatic hydroxyl groups is 1. The number of carbonyl (C=O) groups is 2. The maximum atomic E-state index is 12.4. The summed E-state index contributed by atoms with van der Waals surface area (Å²) < 4.78 is 0. The zero-order valence-corrected chi connectivity index (χ0v) is 12.8. The summed E-state index contributed by atoms with van der Waals surface area (Å²) in [6.07, 6.45) is 2.78. The van der Waals surface area contributed by atoms with Crippen LogP contribution in [-0.4, -0.2) is 51.8 Å². The molecule has 0 spiro atoms. The van der Waals surface area contributed by atoms with Crippen LogP contribution in [0.25, 0.3) is 0 Å². The highest BCUT2D eigenvalue weighted by Crippen LogP contribution is 2.32. The number of hydrogen-bond donors (Lipinski definition) is 3. The van der Waals surface area contributed by atoms with E-state index in [1.54, 1.807) is 0 Å². The van der Waals surface area contributed by atoms with Gasteiger partial charge in [0.25, 0.3) is 0 Å². The Balaban J connectivity index is 2.00. The average Bonchev–Trinajstić information content (AvgIpc) is 2.44. The number of carboxylic acids is 1. The van der Waals surface area contributed by atoms with E-state index in [9.17, 15) is 19.8 Å². The fourth-order valence-corrected chi connectivity index (χ4v) is 3.16. The molecule has 2 aliphatic rings. The smallest absolute Gasteiger partial charge is 0.329 e. The predicted molar refractivity (Wildman–Crippen MR) is 77.9 cm³/mol. The van der Waals surface area contributed by atoms with Crippen molar-refractivity contribution in [1.82, 2.24) is 10.2 Å². The molecule has 2 rings (SSSR count). The van der Waals surface area contributed by atoms with Gasteiger partial charge in [-0.2, -0.15) is 0 Å². The molecular weight excluding hydrogens is 272 g/mol. The number of β-amino-alcohol motifs (C(OH)–C–C–N with tert-alkyl or cyclic N) is 1. The number of aliphatic hydroxyl groups excluding tert-OH is 1. The third kappa shape index (κ3) is 3.48. The number of carboxylic acid groups (broad SMARTS) is 1. The molecule has 3 N–H and O–H groups in total. The van der Waals surface area contributed by atoms with Gasteiger partial charge in [-0.05, 0) is 43.9 Å². The molecule has 1 saturated heterocycles. The van der Waals surface area contributed by atoms with Crippen LogP contribution in [0, 0.1) is 11.8 Å².